The highest BCUT2D eigenvalue weighted by molar-refractivity contribution is 4.68. The van der Waals surface area contributed by atoms with Gasteiger partial charge in [-0.3, -0.25) is 0 Å². The van der Waals surface area contributed by atoms with E-state index in [-0.39, 0.29) is 12.3 Å². The van der Waals surface area contributed by atoms with Crippen molar-refractivity contribution in [3.05, 3.63) is 0 Å². The minimum atomic E-state index is -0.179. The molecule has 80 valence electrons. The largest absolute Gasteiger partial charge is 0.385 e. The van der Waals surface area contributed by atoms with E-state index in [1.807, 2.05) is 7.05 Å². The zero-order valence-electron chi connectivity index (χ0n) is 9.00. The fraction of sp³-hybridized carbons (Fsp3) is 1.00. The molecule has 0 bridgehead atoms. The van der Waals surface area contributed by atoms with Crippen LogP contribution in [0.4, 0.5) is 0 Å². The van der Waals surface area contributed by atoms with Gasteiger partial charge in [-0.05, 0) is 19.9 Å². The zero-order chi connectivity index (χ0) is 10.1. The standard InChI is InChI=1S/C9H21NO3/c1-10-8(6-5-7-11-2)9(12-3)13-4/h8-10H,5-7H2,1-4H3. The van der Waals surface area contributed by atoms with Crippen molar-refractivity contribution in [2.24, 2.45) is 0 Å². The fourth-order valence-corrected chi connectivity index (χ4v) is 1.29. The summed E-state index contributed by atoms with van der Waals surface area (Å²) in [6.45, 7) is 0.776. The summed E-state index contributed by atoms with van der Waals surface area (Å²) in [5.74, 6) is 0. The van der Waals surface area contributed by atoms with Gasteiger partial charge in [0.2, 0.25) is 0 Å². The Morgan fingerprint density at radius 3 is 2.15 bits per heavy atom. The molecule has 0 aromatic heterocycles. The van der Waals surface area contributed by atoms with E-state index in [0.29, 0.717) is 0 Å². The second kappa shape index (κ2) is 8.44. The summed E-state index contributed by atoms with van der Waals surface area (Å²) in [4.78, 5) is 0. The van der Waals surface area contributed by atoms with Crippen LogP contribution in [-0.4, -0.2) is 47.3 Å². The highest BCUT2D eigenvalue weighted by atomic mass is 16.7. The van der Waals surface area contributed by atoms with Crippen LogP contribution in [0.5, 0.6) is 0 Å². The first-order valence-corrected chi connectivity index (χ1v) is 4.52. The minimum absolute atomic E-state index is 0.179. The second-order valence-corrected chi connectivity index (χ2v) is 2.87. The fourth-order valence-electron chi connectivity index (χ4n) is 1.29. The molecule has 0 heterocycles. The summed E-state index contributed by atoms with van der Waals surface area (Å²) in [7, 11) is 6.91. The monoisotopic (exact) mass is 191 g/mol. The van der Waals surface area contributed by atoms with E-state index in [1.54, 1.807) is 21.3 Å². The highest BCUT2D eigenvalue weighted by Gasteiger charge is 2.17. The predicted octanol–water partition coefficient (Wildman–Crippen LogP) is 0.620. The van der Waals surface area contributed by atoms with Crippen LogP contribution in [0.1, 0.15) is 12.8 Å². The number of hydrogen-bond donors (Lipinski definition) is 1. The molecule has 0 saturated carbocycles. The van der Waals surface area contributed by atoms with Gasteiger partial charge in [0.05, 0.1) is 6.04 Å². The van der Waals surface area contributed by atoms with Crippen LogP contribution in [0.25, 0.3) is 0 Å². The van der Waals surface area contributed by atoms with E-state index in [0.717, 1.165) is 19.4 Å². The molecule has 4 heteroatoms. The number of nitrogens with one attached hydrogen (secondary N) is 1. The first kappa shape index (κ1) is 12.8. The summed E-state index contributed by atoms with van der Waals surface area (Å²) in [5.41, 5.74) is 0. The topological polar surface area (TPSA) is 39.7 Å². The van der Waals surface area contributed by atoms with Crippen molar-refractivity contribution < 1.29 is 14.2 Å². The van der Waals surface area contributed by atoms with Gasteiger partial charge in [0.15, 0.2) is 6.29 Å². The molecule has 13 heavy (non-hydrogen) atoms. The van der Waals surface area contributed by atoms with Gasteiger partial charge in [-0.1, -0.05) is 0 Å². The van der Waals surface area contributed by atoms with Crippen LogP contribution in [0, 0.1) is 0 Å². The lowest BCUT2D eigenvalue weighted by Crippen LogP contribution is -2.40. The third-order valence-electron chi connectivity index (χ3n) is 2.03. The molecular weight excluding hydrogens is 170 g/mol. The van der Waals surface area contributed by atoms with E-state index in [4.69, 9.17) is 14.2 Å². The van der Waals surface area contributed by atoms with Crippen LogP contribution in [0.2, 0.25) is 0 Å². The number of rotatable bonds is 8. The van der Waals surface area contributed by atoms with Gasteiger partial charge < -0.3 is 19.5 Å². The molecule has 1 N–H and O–H groups in total. The maximum Gasteiger partial charge on any atom is 0.171 e. The lowest BCUT2D eigenvalue weighted by molar-refractivity contribution is -0.123. The van der Waals surface area contributed by atoms with Crippen LogP contribution in [-0.2, 0) is 14.2 Å². The Morgan fingerprint density at radius 2 is 1.77 bits per heavy atom. The van der Waals surface area contributed by atoms with Gasteiger partial charge in [0, 0.05) is 27.9 Å². The molecule has 0 amide bonds. The Kier molecular flexibility index (Phi) is 8.33. The summed E-state index contributed by atoms with van der Waals surface area (Å²) < 4.78 is 15.3. The molecule has 0 aliphatic heterocycles. The molecule has 0 radical (unpaired) electrons. The number of methoxy groups -OCH3 is 3. The van der Waals surface area contributed by atoms with E-state index >= 15 is 0 Å². The van der Waals surface area contributed by atoms with Crippen molar-refractivity contribution in [1.29, 1.82) is 0 Å². The average Bonchev–Trinajstić information content (AvgIpc) is 2.17. The normalized spacial score (nSPS) is 13.6. The zero-order valence-corrected chi connectivity index (χ0v) is 9.00. The first-order valence-electron chi connectivity index (χ1n) is 4.52. The van der Waals surface area contributed by atoms with Crippen molar-refractivity contribution in [2.45, 2.75) is 25.2 Å². The molecule has 0 fully saturated rings. The number of hydrogen-bond acceptors (Lipinski definition) is 4. The summed E-state index contributed by atoms with van der Waals surface area (Å²) >= 11 is 0. The van der Waals surface area contributed by atoms with Gasteiger partial charge in [-0.2, -0.15) is 0 Å². The molecular formula is C9H21NO3. The van der Waals surface area contributed by atoms with E-state index in [9.17, 15) is 0 Å². The Balaban J connectivity index is 3.71. The van der Waals surface area contributed by atoms with E-state index < -0.39 is 0 Å². The molecule has 1 unspecified atom stereocenters. The van der Waals surface area contributed by atoms with Crippen LogP contribution in [0.15, 0.2) is 0 Å². The Morgan fingerprint density at radius 1 is 1.15 bits per heavy atom. The minimum Gasteiger partial charge on any atom is -0.385 e. The first-order chi connectivity index (χ1) is 6.29. The van der Waals surface area contributed by atoms with E-state index in [1.165, 1.54) is 0 Å². The maximum atomic E-state index is 5.16. The molecule has 0 aromatic rings. The van der Waals surface area contributed by atoms with Gasteiger partial charge >= 0.3 is 0 Å². The smallest absolute Gasteiger partial charge is 0.171 e. The van der Waals surface area contributed by atoms with Gasteiger partial charge in [-0.15, -0.1) is 0 Å². The van der Waals surface area contributed by atoms with Gasteiger partial charge in [0.25, 0.3) is 0 Å². The Bertz CT molecular complexity index is 107. The average molecular weight is 191 g/mol. The van der Waals surface area contributed by atoms with Gasteiger partial charge in [-0.25, -0.2) is 0 Å². The molecule has 0 spiro atoms. The quantitative estimate of drug-likeness (QED) is 0.451. The molecule has 0 aliphatic carbocycles. The number of ether oxygens (including phenoxy) is 3. The Labute approximate surface area is 80.5 Å². The molecule has 0 rings (SSSR count). The van der Waals surface area contributed by atoms with Crippen molar-refractivity contribution in [1.82, 2.24) is 5.32 Å². The Hall–Kier alpha value is -0.160. The van der Waals surface area contributed by atoms with Crippen molar-refractivity contribution in [3.8, 4) is 0 Å². The summed E-state index contributed by atoms with van der Waals surface area (Å²) in [5, 5.41) is 3.16. The van der Waals surface area contributed by atoms with Crippen LogP contribution in [0.3, 0.4) is 0 Å². The highest BCUT2D eigenvalue weighted by Crippen LogP contribution is 2.06. The SMILES string of the molecule is CNC(CCCOC)C(OC)OC. The molecule has 0 saturated heterocycles. The third kappa shape index (κ3) is 5.21. The maximum absolute atomic E-state index is 5.16. The lowest BCUT2D eigenvalue weighted by Gasteiger charge is -2.24. The number of likely N-dealkylation sites (N-methyl/N-ethyl adjacent to an activating group) is 1. The molecule has 1 atom stereocenters. The molecule has 4 nitrogen and oxygen atoms in total. The van der Waals surface area contributed by atoms with Crippen molar-refractivity contribution >= 4 is 0 Å². The van der Waals surface area contributed by atoms with Crippen molar-refractivity contribution in [2.75, 3.05) is 35.0 Å². The predicted molar refractivity (Wildman–Crippen MR) is 51.8 cm³/mol. The second-order valence-electron chi connectivity index (χ2n) is 2.87. The van der Waals surface area contributed by atoms with Crippen LogP contribution >= 0.6 is 0 Å². The van der Waals surface area contributed by atoms with Crippen molar-refractivity contribution in [3.63, 3.8) is 0 Å². The van der Waals surface area contributed by atoms with Crippen LogP contribution < -0.4 is 5.32 Å². The summed E-state index contributed by atoms with van der Waals surface area (Å²) in [6.07, 6.45) is 1.81. The van der Waals surface area contributed by atoms with Gasteiger partial charge in [0.1, 0.15) is 0 Å². The van der Waals surface area contributed by atoms with E-state index in [2.05, 4.69) is 5.32 Å². The third-order valence-corrected chi connectivity index (χ3v) is 2.03. The molecule has 0 aromatic carbocycles. The summed E-state index contributed by atoms with van der Waals surface area (Å²) in [6, 6.07) is 0.227. The molecule has 0 aliphatic rings. The lowest BCUT2D eigenvalue weighted by atomic mass is 10.1.